The van der Waals surface area contributed by atoms with Crippen LogP contribution in [-0.4, -0.2) is 35.1 Å². The van der Waals surface area contributed by atoms with Gasteiger partial charge in [0.2, 0.25) is 5.91 Å². The van der Waals surface area contributed by atoms with E-state index in [0.717, 1.165) is 12.1 Å². The van der Waals surface area contributed by atoms with E-state index >= 15 is 0 Å². The number of anilines is 1. The van der Waals surface area contributed by atoms with Crippen LogP contribution in [0.25, 0.3) is 0 Å². The summed E-state index contributed by atoms with van der Waals surface area (Å²) in [6.45, 7) is 0.556. The Bertz CT molecular complexity index is 549. The van der Waals surface area contributed by atoms with Crippen LogP contribution in [0.15, 0.2) is 24.3 Å². The molecule has 1 aliphatic heterocycles. The summed E-state index contributed by atoms with van der Waals surface area (Å²) in [7, 11) is 0. The number of nitrogens with zero attached hydrogens (tertiary/aromatic N) is 1. The van der Waals surface area contributed by atoms with Gasteiger partial charge in [-0.25, -0.2) is 4.79 Å². The van der Waals surface area contributed by atoms with Crippen molar-refractivity contribution >= 4 is 17.7 Å². The molecule has 0 spiro atoms. The summed E-state index contributed by atoms with van der Waals surface area (Å²) in [6.07, 6.45) is -4.62. The highest BCUT2D eigenvalue weighted by molar-refractivity contribution is 5.92. The van der Waals surface area contributed by atoms with Crippen LogP contribution in [0, 0.1) is 5.92 Å². The number of halogens is 3. The quantitative estimate of drug-likeness (QED) is 0.881. The average Bonchev–Trinajstić information content (AvgIpc) is 2.47. The van der Waals surface area contributed by atoms with Crippen molar-refractivity contribution in [3.63, 3.8) is 0 Å². The molecule has 1 aromatic rings. The molecule has 0 bridgehead atoms. The molecule has 2 N–H and O–H groups in total. The van der Waals surface area contributed by atoms with Gasteiger partial charge in [-0.2, -0.15) is 13.2 Å². The summed E-state index contributed by atoms with van der Waals surface area (Å²) in [5.41, 5.74) is -0.487. The topological polar surface area (TPSA) is 69.6 Å². The van der Waals surface area contributed by atoms with Gasteiger partial charge < -0.3 is 15.3 Å². The van der Waals surface area contributed by atoms with E-state index in [1.165, 1.54) is 17.0 Å². The number of hydrogen-bond donors (Lipinski definition) is 2. The molecule has 0 aliphatic carbocycles. The summed E-state index contributed by atoms with van der Waals surface area (Å²) in [6, 6.07) is 4.21. The summed E-state index contributed by atoms with van der Waals surface area (Å²) in [5.74, 6) is -0.636. The maximum Gasteiger partial charge on any atom is 0.416 e. The number of piperidine rings is 1. The Morgan fingerprint density at radius 1 is 1.14 bits per heavy atom. The average molecular weight is 316 g/mol. The van der Waals surface area contributed by atoms with Gasteiger partial charge in [0.05, 0.1) is 5.56 Å². The number of hydrogen-bond acceptors (Lipinski definition) is 2. The highest BCUT2D eigenvalue weighted by Crippen LogP contribution is 2.30. The first-order valence-electron chi connectivity index (χ1n) is 6.73. The van der Waals surface area contributed by atoms with Crippen molar-refractivity contribution in [2.75, 3.05) is 18.4 Å². The van der Waals surface area contributed by atoms with Crippen molar-refractivity contribution in [2.45, 2.75) is 19.0 Å². The van der Waals surface area contributed by atoms with Gasteiger partial charge in [-0.1, -0.05) is 0 Å². The Morgan fingerprint density at radius 2 is 1.68 bits per heavy atom. The van der Waals surface area contributed by atoms with Crippen molar-refractivity contribution in [2.24, 2.45) is 5.92 Å². The van der Waals surface area contributed by atoms with E-state index in [4.69, 9.17) is 5.11 Å². The molecule has 1 saturated heterocycles. The Labute approximate surface area is 124 Å². The van der Waals surface area contributed by atoms with Crippen LogP contribution in [0.4, 0.5) is 23.7 Å². The summed E-state index contributed by atoms with van der Waals surface area (Å²) < 4.78 is 37.3. The SMILES string of the molecule is O=C(Nc1ccc(C(F)(F)F)cc1)C1CCN(C(=O)O)CC1. The molecule has 22 heavy (non-hydrogen) atoms. The minimum absolute atomic E-state index is 0.278. The maximum absolute atomic E-state index is 12.4. The molecule has 0 unspecified atom stereocenters. The molecule has 2 rings (SSSR count). The lowest BCUT2D eigenvalue weighted by Gasteiger charge is -2.29. The van der Waals surface area contributed by atoms with Gasteiger partial charge in [0.25, 0.3) is 0 Å². The van der Waals surface area contributed by atoms with Gasteiger partial charge in [0.15, 0.2) is 0 Å². The van der Waals surface area contributed by atoms with E-state index in [1.807, 2.05) is 0 Å². The molecule has 0 radical (unpaired) electrons. The second-order valence-electron chi connectivity index (χ2n) is 5.11. The molecule has 0 aromatic heterocycles. The minimum Gasteiger partial charge on any atom is -0.465 e. The standard InChI is InChI=1S/C14H15F3N2O3/c15-14(16,17)10-1-3-11(4-2-10)18-12(20)9-5-7-19(8-6-9)13(21)22/h1-4,9H,5-8H2,(H,18,20)(H,21,22). The van der Waals surface area contributed by atoms with E-state index in [0.29, 0.717) is 18.5 Å². The first-order valence-corrected chi connectivity index (χ1v) is 6.73. The zero-order chi connectivity index (χ0) is 16.3. The number of carbonyl (C=O) groups is 2. The van der Waals surface area contributed by atoms with Crippen molar-refractivity contribution in [1.82, 2.24) is 4.90 Å². The molecular formula is C14H15F3N2O3. The third-order valence-electron chi connectivity index (χ3n) is 3.62. The van der Waals surface area contributed by atoms with Crippen LogP contribution in [-0.2, 0) is 11.0 Å². The Morgan fingerprint density at radius 3 is 2.14 bits per heavy atom. The Hall–Kier alpha value is -2.25. The maximum atomic E-state index is 12.4. The highest BCUT2D eigenvalue weighted by Gasteiger charge is 2.30. The predicted molar refractivity (Wildman–Crippen MR) is 72.4 cm³/mol. The summed E-state index contributed by atoms with van der Waals surface area (Å²) in [5, 5.41) is 11.4. The number of alkyl halides is 3. The third kappa shape index (κ3) is 3.90. The lowest BCUT2D eigenvalue weighted by atomic mass is 9.96. The van der Waals surface area contributed by atoms with Crippen molar-refractivity contribution in [1.29, 1.82) is 0 Å². The summed E-state index contributed by atoms with van der Waals surface area (Å²) >= 11 is 0. The zero-order valence-electron chi connectivity index (χ0n) is 11.6. The number of amides is 2. The number of likely N-dealkylation sites (tertiary alicyclic amines) is 1. The molecule has 1 heterocycles. The molecular weight excluding hydrogens is 301 g/mol. The van der Waals surface area contributed by atoms with Crippen LogP contribution in [0.5, 0.6) is 0 Å². The molecule has 1 aromatic carbocycles. The lowest BCUT2D eigenvalue weighted by molar-refractivity contribution is -0.137. The van der Waals surface area contributed by atoms with E-state index in [2.05, 4.69) is 5.32 Å². The minimum atomic E-state index is -4.41. The molecule has 120 valence electrons. The molecule has 1 fully saturated rings. The molecule has 8 heteroatoms. The first kappa shape index (κ1) is 16.1. The van der Waals surface area contributed by atoms with E-state index in [9.17, 15) is 22.8 Å². The molecule has 0 saturated carbocycles. The third-order valence-corrected chi connectivity index (χ3v) is 3.62. The van der Waals surface area contributed by atoms with Crippen LogP contribution in [0.1, 0.15) is 18.4 Å². The summed E-state index contributed by atoms with van der Waals surface area (Å²) in [4.78, 5) is 24.0. The molecule has 0 atom stereocenters. The monoisotopic (exact) mass is 316 g/mol. The Balaban J connectivity index is 1.91. The number of carbonyl (C=O) groups excluding carboxylic acids is 1. The predicted octanol–water partition coefficient (Wildman–Crippen LogP) is 3.03. The normalized spacial score (nSPS) is 16.4. The molecule has 1 aliphatic rings. The second-order valence-corrected chi connectivity index (χ2v) is 5.11. The fourth-order valence-electron chi connectivity index (χ4n) is 2.32. The van der Waals surface area contributed by atoms with E-state index in [1.54, 1.807) is 0 Å². The van der Waals surface area contributed by atoms with Crippen LogP contribution >= 0.6 is 0 Å². The fraction of sp³-hybridized carbons (Fsp3) is 0.429. The number of nitrogens with one attached hydrogen (secondary N) is 1. The van der Waals surface area contributed by atoms with Crippen LogP contribution in [0.2, 0.25) is 0 Å². The largest absolute Gasteiger partial charge is 0.465 e. The van der Waals surface area contributed by atoms with Crippen molar-refractivity contribution in [3.8, 4) is 0 Å². The van der Waals surface area contributed by atoms with Gasteiger partial charge in [-0.3, -0.25) is 4.79 Å². The van der Waals surface area contributed by atoms with E-state index in [-0.39, 0.29) is 24.9 Å². The number of benzene rings is 1. The van der Waals surface area contributed by atoms with Gasteiger partial charge in [-0.15, -0.1) is 0 Å². The zero-order valence-corrected chi connectivity index (χ0v) is 11.6. The van der Waals surface area contributed by atoms with Crippen LogP contribution < -0.4 is 5.32 Å². The van der Waals surface area contributed by atoms with Crippen LogP contribution in [0.3, 0.4) is 0 Å². The van der Waals surface area contributed by atoms with Gasteiger partial charge in [-0.05, 0) is 37.1 Å². The highest BCUT2D eigenvalue weighted by atomic mass is 19.4. The van der Waals surface area contributed by atoms with Gasteiger partial charge in [0.1, 0.15) is 0 Å². The van der Waals surface area contributed by atoms with Gasteiger partial charge >= 0.3 is 12.3 Å². The van der Waals surface area contributed by atoms with Crippen molar-refractivity contribution in [3.05, 3.63) is 29.8 Å². The number of carboxylic acid groups (broad SMARTS) is 1. The molecule has 5 nitrogen and oxygen atoms in total. The first-order chi connectivity index (χ1) is 10.3. The van der Waals surface area contributed by atoms with Crippen molar-refractivity contribution < 1.29 is 27.9 Å². The smallest absolute Gasteiger partial charge is 0.416 e. The van der Waals surface area contributed by atoms with Gasteiger partial charge in [0, 0.05) is 24.7 Å². The molecule has 2 amide bonds. The van der Waals surface area contributed by atoms with E-state index < -0.39 is 17.8 Å². The Kier molecular flexibility index (Phi) is 4.58. The number of rotatable bonds is 2. The second kappa shape index (κ2) is 6.25. The fourth-order valence-corrected chi connectivity index (χ4v) is 2.32. The lowest BCUT2D eigenvalue weighted by Crippen LogP contribution is -2.40.